The zero-order valence-corrected chi connectivity index (χ0v) is 25.6. The molecular weight excluding hydrogens is 614 g/mol. The lowest BCUT2D eigenvalue weighted by Gasteiger charge is -2.32. The zero-order chi connectivity index (χ0) is 31.9. The van der Waals surface area contributed by atoms with Gasteiger partial charge in [-0.3, -0.25) is 9.59 Å². The maximum atomic E-state index is 16.3. The van der Waals surface area contributed by atoms with Crippen LogP contribution in [0.15, 0.2) is 17.0 Å². The van der Waals surface area contributed by atoms with Crippen LogP contribution in [-0.2, 0) is 26.8 Å². The maximum absolute atomic E-state index is 16.3. The molecule has 1 amide bonds. The number of nitrogens with one attached hydrogen (secondary N) is 2. The third-order valence-electron chi connectivity index (χ3n) is 7.99. The number of carboxylic acids is 1. The number of carbonyl (C=O) groups excluding carboxylic acids is 1. The van der Waals surface area contributed by atoms with E-state index in [1.54, 1.807) is 0 Å². The number of hydrogen-bond acceptors (Lipinski definition) is 7. The van der Waals surface area contributed by atoms with Gasteiger partial charge in [-0.1, -0.05) is 32.1 Å². The van der Waals surface area contributed by atoms with E-state index in [-0.39, 0.29) is 40.2 Å². The molecule has 0 radical (unpaired) electrons. The summed E-state index contributed by atoms with van der Waals surface area (Å²) < 4.78 is 83.3. The third kappa shape index (κ3) is 7.55. The number of aromatic nitrogens is 1. The van der Waals surface area contributed by atoms with Gasteiger partial charge in [-0.2, -0.15) is 17.9 Å². The number of rotatable bonds is 10. The third-order valence-corrected chi connectivity index (χ3v) is 10.7. The Morgan fingerprint density at radius 2 is 1.77 bits per heavy atom. The highest BCUT2D eigenvalue weighted by molar-refractivity contribution is 7.89. The van der Waals surface area contributed by atoms with E-state index in [1.807, 2.05) is 0 Å². The molecule has 9 nitrogen and oxygen atoms in total. The quantitative estimate of drug-likeness (QED) is 0.262. The van der Waals surface area contributed by atoms with Gasteiger partial charge in [0.2, 0.25) is 10.0 Å². The number of amides is 1. The number of aliphatic carboxylic acids is 1. The lowest BCUT2D eigenvalue weighted by Crippen LogP contribution is -2.46. The number of carbonyl (C=O) groups is 2. The van der Waals surface area contributed by atoms with Gasteiger partial charge in [0.15, 0.2) is 5.01 Å². The largest absolute Gasteiger partial charge is 0.481 e. The second-order valence-corrected chi connectivity index (χ2v) is 14.6. The minimum atomic E-state index is -4.93. The molecule has 0 bridgehead atoms. The smallest absolute Gasteiger partial charge is 0.404 e. The van der Waals surface area contributed by atoms with Crippen molar-refractivity contribution in [2.75, 3.05) is 0 Å². The molecule has 2 fully saturated rings. The molecule has 1 unspecified atom stereocenters. The van der Waals surface area contributed by atoms with Gasteiger partial charge in [-0.15, -0.1) is 11.3 Å². The van der Waals surface area contributed by atoms with E-state index < -0.39 is 61.9 Å². The first kappa shape index (κ1) is 33.3. The molecule has 0 aliphatic heterocycles. The van der Waals surface area contributed by atoms with Crippen LogP contribution in [0.4, 0.5) is 17.6 Å². The van der Waals surface area contributed by atoms with Gasteiger partial charge in [-0.25, -0.2) is 17.8 Å². The zero-order valence-electron chi connectivity index (χ0n) is 23.9. The van der Waals surface area contributed by atoms with Crippen LogP contribution in [0.25, 0.3) is 10.4 Å². The first-order valence-electron chi connectivity index (χ1n) is 14.1. The van der Waals surface area contributed by atoms with Crippen LogP contribution in [0.1, 0.15) is 86.8 Å². The summed E-state index contributed by atoms with van der Waals surface area (Å²) in [5.41, 5.74) is -2.56. The van der Waals surface area contributed by atoms with E-state index in [1.165, 1.54) is 4.72 Å². The minimum Gasteiger partial charge on any atom is -0.481 e. The predicted octanol–water partition coefficient (Wildman–Crippen LogP) is 5.12. The Labute approximate surface area is 251 Å². The van der Waals surface area contributed by atoms with Crippen molar-refractivity contribution in [2.45, 2.75) is 101 Å². The van der Waals surface area contributed by atoms with Crippen LogP contribution >= 0.6 is 11.3 Å². The topological polar surface area (TPSA) is 146 Å². The molecule has 2 aliphatic rings. The van der Waals surface area contributed by atoms with E-state index in [0.29, 0.717) is 19.0 Å². The Bertz CT molecular complexity index is 1470. The van der Waals surface area contributed by atoms with E-state index >= 15 is 4.39 Å². The van der Waals surface area contributed by atoms with Crippen molar-refractivity contribution >= 4 is 33.2 Å². The summed E-state index contributed by atoms with van der Waals surface area (Å²) in [6.45, 7) is 2.86. The molecule has 1 aromatic carbocycles. The summed E-state index contributed by atoms with van der Waals surface area (Å²) in [7, 11) is -4.93. The van der Waals surface area contributed by atoms with E-state index in [4.69, 9.17) is 5.11 Å². The Hall–Kier alpha value is -2.62. The normalized spacial score (nSPS) is 20.8. The summed E-state index contributed by atoms with van der Waals surface area (Å²) in [6.07, 6.45) is 1.00. The Kier molecular flexibility index (Phi) is 9.60. The van der Waals surface area contributed by atoms with Crippen LogP contribution in [-0.4, -0.2) is 53.8 Å². The minimum absolute atomic E-state index is 0.0150. The van der Waals surface area contributed by atoms with Crippen LogP contribution in [0.5, 0.6) is 0 Å². The number of benzene rings is 1. The molecule has 4 rings (SSSR count). The number of alkyl halides is 3. The molecule has 2 aromatic rings. The standard InChI is InChI=1S/C28H35F4N3O6S2/c1-14(28(30,31)32)35-43(40,41)20-10-9-18(22(29)21(20)27(2,3)39)23-19(11-15-7-5-4-6-8-15)34-25(42-23)24(36)33-17-12-16(13-17)26(37)38/h9-10,14-17,35,39H,4-8,11-13H2,1-3H3,(H,33,36)(H,37,38). The van der Waals surface area contributed by atoms with Crippen molar-refractivity contribution in [3.05, 3.63) is 34.2 Å². The highest BCUT2D eigenvalue weighted by Gasteiger charge is 2.41. The van der Waals surface area contributed by atoms with Crippen molar-refractivity contribution in [3.63, 3.8) is 0 Å². The van der Waals surface area contributed by atoms with Gasteiger partial charge in [-0.05, 0) is 58.1 Å². The predicted molar refractivity (Wildman–Crippen MR) is 150 cm³/mol. The van der Waals surface area contributed by atoms with Crippen LogP contribution in [0.2, 0.25) is 0 Å². The van der Waals surface area contributed by atoms with Gasteiger partial charge in [0.25, 0.3) is 5.91 Å². The van der Waals surface area contributed by atoms with Crippen molar-refractivity contribution in [3.8, 4) is 10.4 Å². The van der Waals surface area contributed by atoms with Crippen molar-refractivity contribution in [1.82, 2.24) is 15.0 Å². The van der Waals surface area contributed by atoms with Crippen molar-refractivity contribution in [1.29, 1.82) is 0 Å². The fourth-order valence-corrected chi connectivity index (χ4v) is 8.13. The number of aliphatic hydroxyl groups is 1. The van der Waals surface area contributed by atoms with Gasteiger partial charge in [0, 0.05) is 17.2 Å². The lowest BCUT2D eigenvalue weighted by molar-refractivity contribution is -0.147. The highest BCUT2D eigenvalue weighted by atomic mass is 32.2. The fraction of sp³-hybridized carbons (Fsp3) is 0.607. The number of halogens is 4. The monoisotopic (exact) mass is 649 g/mol. The lowest BCUT2D eigenvalue weighted by atomic mass is 9.80. The SMILES string of the molecule is CC(NS(=O)(=O)c1ccc(-c2sc(C(=O)NC3CC(C(=O)O)C3)nc2CC2CCCCC2)c(F)c1C(C)(C)O)C(F)(F)F. The second kappa shape index (κ2) is 12.4. The number of carboxylic acid groups (broad SMARTS) is 1. The molecule has 1 atom stereocenters. The molecule has 238 valence electrons. The number of thiazole rings is 1. The van der Waals surface area contributed by atoms with Crippen LogP contribution in [0, 0.1) is 17.7 Å². The average molecular weight is 650 g/mol. The van der Waals surface area contributed by atoms with Crippen LogP contribution < -0.4 is 10.0 Å². The molecule has 4 N–H and O–H groups in total. The molecule has 2 saturated carbocycles. The average Bonchev–Trinajstić information content (AvgIpc) is 3.27. The highest BCUT2D eigenvalue weighted by Crippen LogP contribution is 2.41. The fourth-order valence-electron chi connectivity index (χ4n) is 5.54. The molecular formula is C28H35F4N3O6S2. The number of sulfonamides is 1. The first-order chi connectivity index (χ1) is 19.9. The van der Waals surface area contributed by atoms with Gasteiger partial charge in [0.05, 0.1) is 27.0 Å². The summed E-state index contributed by atoms with van der Waals surface area (Å²) in [5.74, 6) is -2.97. The van der Waals surface area contributed by atoms with Gasteiger partial charge < -0.3 is 15.5 Å². The summed E-state index contributed by atoms with van der Waals surface area (Å²) in [6, 6.07) is -0.764. The summed E-state index contributed by atoms with van der Waals surface area (Å²) in [4.78, 5) is 28.1. The van der Waals surface area contributed by atoms with E-state index in [0.717, 1.165) is 69.4 Å². The molecule has 0 spiro atoms. The van der Waals surface area contributed by atoms with Crippen molar-refractivity contribution in [2.24, 2.45) is 11.8 Å². The molecule has 43 heavy (non-hydrogen) atoms. The Morgan fingerprint density at radius 3 is 2.33 bits per heavy atom. The second-order valence-electron chi connectivity index (χ2n) is 11.9. The first-order valence-corrected chi connectivity index (χ1v) is 16.4. The molecule has 1 aromatic heterocycles. The van der Waals surface area contributed by atoms with E-state index in [2.05, 4.69) is 10.3 Å². The number of nitrogens with zero attached hydrogens (tertiary/aromatic N) is 1. The van der Waals surface area contributed by atoms with Gasteiger partial charge in [0.1, 0.15) is 11.9 Å². The van der Waals surface area contributed by atoms with Gasteiger partial charge >= 0.3 is 12.1 Å². The Morgan fingerprint density at radius 1 is 1.14 bits per heavy atom. The van der Waals surface area contributed by atoms with Crippen molar-refractivity contribution < 1.29 is 45.8 Å². The number of hydrogen-bond donors (Lipinski definition) is 4. The molecule has 2 aliphatic carbocycles. The molecule has 0 saturated heterocycles. The van der Waals surface area contributed by atoms with E-state index in [9.17, 15) is 36.3 Å². The maximum Gasteiger partial charge on any atom is 0.404 e. The molecule has 15 heteroatoms. The molecule has 1 heterocycles. The van der Waals surface area contributed by atoms with Crippen LogP contribution in [0.3, 0.4) is 0 Å². The summed E-state index contributed by atoms with van der Waals surface area (Å²) in [5, 5.41) is 22.7. The Balaban J connectivity index is 1.75. The summed E-state index contributed by atoms with van der Waals surface area (Å²) >= 11 is 0.879.